The van der Waals surface area contributed by atoms with Crippen molar-refractivity contribution in [1.29, 1.82) is 10.5 Å². The van der Waals surface area contributed by atoms with Crippen molar-refractivity contribution >= 4 is 5.69 Å². The molecule has 0 atom stereocenters. The second-order valence-electron chi connectivity index (χ2n) is 2.02. The van der Waals surface area contributed by atoms with Crippen LogP contribution in [-0.2, 0) is 0 Å². The Morgan fingerprint density at radius 3 is 1.82 bits per heavy atom. The summed E-state index contributed by atoms with van der Waals surface area (Å²) in [6, 6.07) is 8.03. The molecule has 0 saturated heterocycles. The number of hydrogen-bond acceptors (Lipinski definition) is 2. The number of hydrogen-bond donors (Lipinski definition) is 0. The average Bonchev–Trinajstić information content (AvgIpc) is 2.03. The Morgan fingerprint density at radius 2 is 1.45 bits per heavy atom. The molecule has 3 heteroatoms. The van der Waals surface area contributed by atoms with E-state index in [1.807, 2.05) is 12.1 Å². The summed E-state index contributed by atoms with van der Waals surface area (Å²) < 4.78 is 0. The first kappa shape index (κ1) is 7.11. The van der Waals surface area contributed by atoms with Crippen molar-refractivity contribution < 1.29 is 0 Å². The molecule has 1 aromatic rings. The van der Waals surface area contributed by atoms with E-state index >= 15 is 0 Å². The molecule has 1 N–H and O–H groups in total. The van der Waals surface area contributed by atoms with E-state index < -0.39 is 0 Å². The molecule has 11 heavy (non-hydrogen) atoms. The molecular weight excluding hydrogens is 138 g/mol. The van der Waals surface area contributed by atoms with Crippen LogP contribution in [0.4, 0.5) is 5.69 Å². The normalized spacial score (nSPS) is 8.18. The van der Waals surface area contributed by atoms with E-state index in [0.29, 0.717) is 11.1 Å². The van der Waals surface area contributed by atoms with Crippen LogP contribution in [0.3, 0.4) is 0 Å². The minimum Gasteiger partial charge on any atom is -0.301 e. The largest absolute Gasteiger partial charge is 0.301 e. The van der Waals surface area contributed by atoms with Gasteiger partial charge in [-0.1, -0.05) is 0 Å². The highest BCUT2D eigenvalue weighted by molar-refractivity contribution is 5.50. The minimum atomic E-state index is 0.195. The maximum Gasteiger partial charge on any atom is 0.0992 e. The van der Waals surface area contributed by atoms with Gasteiger partial charge in [0.05, 0.1) is 29.0 Å². The predicted molar refractivity (Wildman–Crippen MR) is 38.6 cm³/mol. The fourth-order valence-electron chi connectivity index (χ4n) is 0.757. The van der Waals surface area contributed by atoms with E-state index in [1.165, 1.54) is 18.2 Å². The third-order valence-electron chi connectivity index (χ3n) is 1.19. The minimum absolute atomic E-state index is 0.195. The Morgan fingerprint density at radius 1 is 1.00 bits per heavy atom. The lowest BCUT2D eigenvalue weighted by molar-refractivity contribution is 1.40. The third kappa shape index (κ3) is 1.47. The van der Waals surface area contributed by atoms with Crippen molar-refractivity contribution in [3.63, 3.8) is 0 Å². The van der Waals surface area contributed by atoms with E-state index in [2.05, 4.69) is 0 Å². The topological polar surface area (TPSA) is 71.4 Å². The van der Waals surface area contributed by atoms with Gasteiger partial charge < -0.3 is 5.73 Å². The van der Waals surface area contributed by atoms with E-state index in [1.54, 1.807) is 0 Å². The number of nitriles is 2. The molecule has 0 spiro atoms. The SMILES string of the molecule is N#Cc1cc([NH])cc(C#N)c1. The smallest absolute Gasteiger partial charge is 0.0992 e. The molecule has 0 bridgehead atoms. The number of nitrogens with zero attached hydrogens (tertiary/aromatic N) is 2. The van der Waals surface area contributed by atoms with Gasteiger partial charge in [-0.25, -0.2) is 0 Å². The van der Waals surface area contributed by atoms with Crippen molar-refractivity contribution in [1.82, 2.24) is 5.73 Å². The van der Waals surface area contributed by atoms with Crippen molar-refractivity contribution in [3.05, 3.63) is 29.3 Å². The van der Waals surface area contributed by atoms with Crippen LogP contribution in [0.1, 0.15) is 11.1 Å². The highest BCUT2D eigenvalue weighted by Gasteiger charge is 1.96. The van der Waals surface area contributed by atoms with Gasteiger partial charge in [-0.3, -0.25) is 0 Å². The first-order valence-electron chi connectivity index (χ1n) is 2.93. The van der Waals surface area contributed by atoms with Crippen LogP contribution in [0, 0.1) is 22.7 Å². The molecule has 0 aromatic heterocycles. The Hall–Kier alpha value is -2.00. The fourth-order valence-corrected chi connectivity index (χ4v) is 0.757. The molecule has 0 aliphatic heterocycles. The molecule has 3 nitrogen and oxygen atoms in total. The van der Waals surface area contributed by atoms with Crippen molar-refractivity contribution in [2.45, 2.75) is 0 Å². The van der Waals surface area contributed by atoms with Crippen molar-refractivity contribution in [2.24, 2.45) is 0 Å². The summed E-state index contributed by atoms with van der Waals surface area (Å²) in [4.78, 5) is 0. The van der Waals surface area contributed by atoms with Crippen LogP contribution in [0.2, 0.25) is 0 Å². The number of nitrogens with one attached hydrogen (secondary N) is 1. The predicted octanol–water partition coefficient (Wildman–Crippen LogP) is 1.34. The zero-order chi connectivity index (χ0) is 8.27. The summed E-state index contributed by atoms with van der Waals surface area (Å²) in [7, 11) is 0. The molecule has 0 saturated carbocycles. The lowest BCUT2D eigenvalue weighted by Gasteiger charge is -1.92. The van der Waals surface area contributed by atoms with Gasteiger partial charge in [-0.05, 0) is 18.2 Å². The molecule has 0 aliphatic rings. The van der Waals surface area contributed by atoms with E-state index in [-0.39, 0.29) is 5.69 Å². The van der Waals surface area contributed by atoms with Gasteiger partial charge in [-0.15, -0.1) is 0 Å². The summed E-state index contributed by atoms with van der Waals surface area (Å²) in [5, 5.41) is 16.9. The van der Waals surface area contributed by atoms with Gasteiger partial charge in [0.25, 0.3) is 0 Å². The summed E-state index contributed by atoms with van der Waals surface area (Å²) in [6.07, 6.45) is 0. The molecule has 0 unspecified atom stereocenters. The van der Waals surface area contributed by atoms with Crippen LogP contribution < -0.4 is 5.73 Å². The zero-order valence-electron chi connectivity index (χ0n) is 5.63. The fraction of sp³-hybridized carbons (Fsp3) is 0. The van der Waals surface area contributed by atoms with Crippen LogP contribution >= 0.6 is 0 Å². The van der Waals surface area contributed by atoms with Crippen molar-refractivity contribution in [2.75, 3.05) is 0 Å². The zero-order valence-corrected chi connectivity index (χ0v) is 5.63. The summed E-state index contributed by atoms with van der Waals surface area (Å²) in [5.74, 6) is 0. The molecule has 0 amide bonds. The van der Waals surface area contributed by atoms with E-state index in [9.17, 15) is 0 Å². The first-order valence-corrected chi connectivity index (χ1v) is 2.93. The molecule has 1 rings (SSSR count). The Balaban J connectivity index is 3.28. The molecule has 51 valence electrons. The van der Waals surface area contributed by atoms with Gasteiger partial charge in [0, 0.05) is 0 Å². The maximum atomic E-state index is 8.44. The quantitative estimate of drug-likeness (QED) is 0.548. The maximum absolute atomic E-state index is 8.44. The summed E-state index contributed by atoms with van der Waals surface area (Å²) >= 11 is 0. The molecular formula is C8H4N3. The molecule has 1 radical (unpaired) electrons. The van der Waals surface area contributed by atoms with Gasteiger partial charge in [0.15, 0.2) is 0 Å². The van der Waals surface area contributed by atoms with Crippen LogP contribution in [0.5, 0.6) is 0 Å². The van der Waals surface area contributed by atoms with Gasteiger partial charge >= 0.3 is 0 Å². The second-order valence-corrected chi connectivity index (χ2v) is 2.02. The standard InChI is InChI=1S/C8H4N3/c9-4-6-1-7(5-10)3-8(11)2-6/h1-3,11H. The molecule has 1 aromatic carbocycles. The van der Waals surface area contributed by atoms with Crippen LogP contribution in [-0.4, -0.2) is 0 Å². The number of benzene rings is 1. The van der Waals surface area contributed by atoms with Crippen LogP contribution in [0.15, 0.2) is 18.2 Å². The van der Waals surface area contributed by atoms with Crippen molar-refractivity contribution in [3.8, 4) is 12.1 Å². The monoisotopic (exact) mass is 142 g/mol. The lowest BCUT2D eigenvalue weighted by atomic mass is 10.1. The lowest BCUT2D eigenvalue weighted by Crippen LogP contribution is -1.79. The van der Waals surface area contributed by atoms with Gasteiger partial charge in [-0.2, -0.15) is 10.5 Å². The second kappa shape index (κ2) is 2.72. The molecule has 0 fully saturated rings. The summed E-state index contributed by atoms with van der Waals surface area (Å²) in [6.45, 7) is 0. The Labute approximate surface area is 64.3 Å². The Kier molecular flexibility index (Phi) is 1.76. The number of rotatable bonds is 0. The van der Waals surface area contributed by atoms with Gasteiger partial charge in [0.2, 0.25) is 0 Å². The van der Waals surface area contributed by atoms with E-state index in [4.69, 9.17) is 16.3 Å². The summed E-state index contributed by atoms with van der Waals surface area (Å²) in [5.41, 5.74) is 8.09. The van der Waals surface area contributed by atoms with Gasteiger partial charge in [0.1, 0.15) is 0 Å². The van der Waals surface area contributed by atoms with Crippen LogP contribution in [0.25, 0.3) is 0 Å². The first-order chi connectivity index (χ1) is 5.26. The highest BCUT2D eigenvalue weighted by Crippen LogP contribution is 2.11. The highest BCUT2D eigenvalue weighted by atomic mass is 14.5. The molecule has 0 aliphatic carbocycles. The van der Waals surface area contributed by atoms with E-state index in [0.717, 1.165) is 0 Å². The Bertz CT molecular complexity index is 322. The average molecular weight is 142 g/mol. The third-order valence-corrected chi connectivity index (χ3v) is 1.19. The molecule has 0 heterocycles.